The van der Waals surface area contributed by atoms with Crippen molar-refractivity contribution in [2.24, 2.45) is 0 Å². The minimum absolute atomic E-state index is 0.00171. The van der Waals surface area contributed by atoms with Gasteiger partial charge in [-0.05, 0) is 24.6 Å². The Morgan fingerprint density at radius 3 is 2.82 bits per heavy atom. The van der Waals surface area contributed by atoms with E-state index in [4.69, 9.17) is 15.2 Å². The predicted octanol–water partition coefficient (Wildman–Crippen LogP) is 1.21. The number of rotatable bonds is 5. The Kier molecular flexibility index (Phi) is 4.77. The highest BCUT2D eigenvalue weighted by molar-refractivity contribution is 5.87. The number of hydrogen-bond donors (Lipinski definition) is 1. The van der Waals surface area contributed by atoms with Gasteiger partial charge in [0.05, 0.1) is 7.11 Å². The van der Waals surface area contributed by atoms with Crippen LogP contribution >= 0.6 is 0 Å². The van der Waals surface area contributed by atoms with Crippen LogP contribution in [0.5, 0.6) is 5.75 Å². The maximum absolute atomic E-state index is 12.0. The van der Waals surface area contributed by atoms with Gasteiger partial charge in [-0.25, -0.2) is 9.48 Å². The zero-order valence-corrected chi connectivity index (χ0v) is 12.4. The fourth-order valence-electron chi connectivity index (χ4n) is 1.86. The van der Waals surface area contributed by atoms with E-state index in [1.54, 1.807) is 32.2 Å². The van der Waals surface area contributed by atoms with Crippen molar-refractivity contribution in [1.29, 1.82) is 0 Å². The minimum atomic E-state index is -0.642. The number of aryl methyl sites for hydroxylation is 1. The van der Waals surface area contributed by atoms with Gasteiger partial charge in [0.25, 0.3) is 5.56 Å². The lowest BCUT2D eigenvalue weighted by molar-refractivity contribution is 0.0462. The van der Waals surface area contributed by atoms with Gasteiger partial charge in [0, 0.05) is 12.6 Å². The molecule has 7 heteroatoms. The Balaban J connectivity index is 2.12. The molecule has 1 aromatic carbocycles. The number of nitrogens with two attached hydrogens (primary N) is 1. The lowest BCUT2D eigenvalue weighted by Crippen LogP contribution is -2.27. The van der Waals surface area contributed by atoms with Crippen LogP contribution in [0.25, 0.3) is 0 Å². The van der Waals surface area contributed by atoms with E-state index in [1.807, 2.05) is 6.07 Å². The standard InChI is InChI=1S/C15H17N3O4/c1-3-18-14(19)12(16)8-13(17-18)15(20)22-9-10-5-4-6-11(7-10)21-2/h4-8H,3,9,16H2,1-2H3. The highest BCUT2D eigenvalue weighted by atomic mass is 16.5. The zero-order valence-electron chi connectivity index (χ0n) is 12.4. The summed E-state index contributed by atoms with van der Waals surface area (Å²) in [7, 11) is 1.56. The van der Waals surface area contributed by atoms with Crippen LogP contribution < -0.4 is 16.0 Å². The van der Waals surface area contributed by atoms with E-state index >= 15 is 0 Å². The second kappa shape index (κ2) is 6.75. The van der Waals surface area contributed by atoms with E-state index in [2.05, 4.69) is 5.10 Å². The average Bonchev–Trinajstić information content (AvgIpc) is 2.55. The van der Waals surface area contributed by atoms with Crippen LogP contribution in [0.15, 0.2) is 35.1 Å². The molecule has 7 nitrogen and oxygen atoms in total. The fourth-order valence-corrected chi connectivity index (χ4v) is 1.86. The minimum Gasteiger partial charge on any atom is -0.497 e. The summed E-state index contributed by atoms with van der Waals surface area (Å²) in [5.41, 5.74) is 5.90. The van der Waals surface area contributed by atoms with Gasteiger partial charge in [-0.15, -0.1) is 0 Å². The van der Waals surface area contributed by atoms with Crippen molar-refractivity contribution in [2.45, 2.75) is 20.1 Å². The molecule has 22 heavy (non-hydrogen) atoms. The number of carbonyl (C=O) groups is 1. The molecule has 0 spiro atoms. The Labute approximate surface area is 127 Å². The van der Waals surface area contributed by atoms with Crippen LogP contribution in [0, 0.1) is 0 Å². The number of nitrogen functional groups attached to an aromatic ring is 1. The quantitative estimate of drug-likeness (QED) is 0.834. The molecule has 0 aliphatic rings. The van der Waals surface area contributed by atoms with Crippen molar-refractivity contribution in [1.82, 2.24) is 9.78 Å². The monoisotopic (exact) mass is 303 g/mol. The van der Waals surface area contributed by atoms with E-state index < -0.39 is 11.5 Å². The number of aromatic nitrogens is 2. The molecule has 0 aliphatic heterocycles. The Morgan fingerprint density at radius 2 is 2.14 bits per heavy atom. The van der Waals surface area contributed by atoms with Crippen molar-refractivity contribution >= 4 is 11.7 Å². The molecule has 0 fully saturated rings. The number of anilines is 1. The molecule has 0 saturated carbocycles. The van der Waals surface area contributed by atoms with E-state index in [1.165, 1.54) is 6.07 Å². The van der Waals surface area contributed by atoms with Crippen molar-refractivity contribution in [3.63, 3.8) is 0 Å². The second-order valence-electron chi connectivity index (χ2n) is 4.53. The summed E-state index contributed by atoms with van der Waals surface area (Å²) in [6, 6.07) is 8.40. The zero-order chi connectivity index (χ0) is 16.1. The number of nitrogens with zero attached hydrogens (tertiary/aromatic N) is 2. The number of carbonyl (C=O) groups excluding carboxylic acids is 1. The summed E-state index contributed by atoms with van der Waals surface area (Å²) >= 11 is 0. The number of esters is 1. The van der Waals surface area contributed by atoms with Crippen LogP contribution in [0.1, 0.15) is 23.0 Å². The Hall–Kier alpha value is -2.83. The third kappa shape index (κ3) is 3.43. The van der Waals surface area contributed by atoms with Crippen molar-refractivity contribution in [2.75, 3.05) is 12.8 Å². The third-order valence-corrected chi connectivity index (χ3v) is 3.01. The maximum Gasteiger partial charge on any atom is 0.359 e. The molecule has 0 unspecified atom stereocenters. The fraction of sp³-hybridized carbons (Fsp3) is 0.267. The molecule has 2 N–H and O–H groups in total. The molecule has 0 radical (unpaired) electrons. The first-order valence-corrected chi connectivity index (χ1v) is 6.72. The molecule has 1 heterocycles. The van der Waals surface area contributed by atoms with Gasteiger partial charge in [0.1, 0.15) is 18.0 Å². The van der Waals surface area contributed by atoms with Crippen LogP contribution in [0.3, 0.4) is 0 Å². The first kappa shape index (κ1) is 15.6. The first-order valence-electron chi connectivity index (χ1n) is 6.72. The summed E-state index contributed by atoms with van der Waals surface area (Å²) < 4.78 is 11.4. The predicted molar refractivity (Wildman–Crippen MR) is 80.7 cm³/mol. The van der Waals surface area contributed by atoms with Crippen LogP contribution in [-0.4, -0.2) is 22.9 Å². The van der Waals surface area contributed by atoms with Crippen molar-refractivity contribution in [3.8, 4) is 5.75 Å². The maximum atomic E-state index is 12.0. The van der Waals surface area contributed by atoms with Gasteiger partial charge in [-0.3, -0.25) is 4.79 Å². The highest BCUT2D eigenvalue weighted by Crippen LogP contribution is 2.14. The number of methoxy groups -OCH3 is 1. The van der Waals surface area contributed by atoms with Crippen LogP contribution in [0.4, 0.5) is 5.69 Å². The largest absolute Gasteiger partial charge is 0.497 e. The molecule has 0 bridgehead atoms. The van der Waals surface area contributed by atoms with E-state index in [0.29, 0.717) is 12.3 Å². The van der Waals surface area contributed by atoms with E-state index in [-0.39, 0.29) is 18.0 Å². The lowest BCUT2D eigenvalue weighted by atomic mass is 10.2. The molecule has 0 saturated heterocycles. The van der Waals surface area contributed by atoms with Gasteiger partial charge in [0.15, 0.2) is 5.69 Å². The van der Waals surface area contributed by atoms with Gasteiger partial charge in [0.2, 0.25) is 0 Å². The van der Waals surface area contributed by atoms with E-state index in [9.17, 15) is 9.59 Å². The van der Waals surface area contributed by atoms with Crippen molar-refractivity contribution < 1.29 is 14.3 Å². The number of ether oxygens (including phenoxy) is 2. The molecule has 116 valence electrons. The van der Waals surface area contributed by atoms with Gasteiger partial charge in [-0.2, -0.15) is 5.10 Å². The highest BCUT2D eigenvalue weighted by Gasteiger charge is 2.13. The second-order valence-corrected chi connectivity index (χ2v) is 4.53. The Bertz CT molecular complexity index is 740. The summed E-state index contributed by atoms with van der Waals surface area (Å²) in [6.45, 7) is 2.13. The molecular formula is C15H17N3O4. The molecule has 0 atom stereocenters. The Morgan fingerprint density at radius 1 is 1.36 bits per heavy atom. The first-order chi connectivity index (χ1) is 10.5. The molecule has 2 aromatic rings. The third-order valence-electron chi connectivity index (χ3n) is 3.01. The summed E-state index contributed by atoms with van der Waals surface area (Å²) in [4.78, 5) is 23.7. The van der Waals surface area contributed by atoms with Crippen molar-refractivity contribution in [3.05, 3.63) is 51.9 Å². The summed E-state index contributed by atoms with van der Waals surface area (Å²) in [5.74, 6) is 0.0344. The molecule has 0 amide bonds. The topological polar surface area (TPSA) is 96.4 Å². The lowest BCUT2D eigenvalue weighted by Gasteiger charge is -2.08. The normalized spacial score (nSPS) is 10.3. The van der Waals surface area contributed by atoms with Gasteiger partial charge in [-0.1, -0.05) is 12.1 Å². The number of benzene rings is 1. The van der Waals surface area contributed by atoms with E-state index in [0.717, 1.165) is 10.2 Å². The molecule has 1 aromatic heterocycles. The van der Waals surface area contributed by atoms with Crippen LogP contribution in [-0.2, 0) is 17.9 Å². The molecule has 2 rings (SSSR count). The summed E-state index contributed by atoms with van der Waals surface area (Å²) in [5, 5.41) is 3.92. The van der Waals surface area contributed by atoms with Gasteiger partial charge < -0.3 is 15.2 Å². The number of hydrogen-bond acceptors (Lipinski definition) is 6. The van der Waals surface area contributed by atoms with Gasteiger partial charge >= 0.3 is 5.97 Å². The molecular weight excluding hydrogens is 286 g/mol. The van der Waals surface area contributed by atoms with Crippen LogP contribution in [0.2, 0.25) is 0 Å². The molecule has 0 aliphatic carbocycles. The average molecular weight is 303 g/mol. The smallest absolute Gasteiger partial charge is 0.359 e. The summed E-state index contributed by atoms with van der Waals surface area (Å²) in [6.07, 6.45) is 0. The SMILES string of the molecule is CCn1nc(C(=O)OCc2cccc(OC)c2)cc(N)c1=O.